The van der Waals surface area contributed by atoms with Crippen LogP contribution in [0.2, 0.25) is 0 Å². The second-order valence-corrected chi connectivity index (χ2v) is 8.96. The summed E-state index contributed by atoms with van der Waals surface area (Å²) in [7, 11) is 4.98. The molecule has 0 aliphatic carbocycles. The van der Waals surface area contributed by atoms with Crippen LogP contribution in [0.1, 0.15) is 21.6 Å². The van der Waals surface area contributed by atoms with Crippen molar-refractivity contribution in [1.29, 1.82) is 0 Å². The number of nitrogens with zero attached hydrogens (tertiary/aromatic N) is 4. The summed E-state index contributed by atoms with van der Waals surface area (Å²) in [6.45, 7) is 0.757. The van der Waals surface area contributed by atoms with Crippen molar-refractivity contribution < 1.29 is 14.3 Å². The van der Waals surface area contributed by atoms with Crippen molar-refractivity contribution >= 4 is 22.6 Å². The Bertz CT molecular complexity index is 1610. The third-order valence-electron chi connectivity index (χ3n) is 6.50. The molecule has 0 bridgehead atoms. The Labute approximate surface area is 227 Å². The van der Waals surface area contributed by atoms with Crippen molar-refractivity contribution in [2.75, 3.05) is 26.6 Å². The van der Waals surface area contributed by atoms with Crippen LogP contribution >= 0.6 is 0 Å². The number of hydrogen-bond donors (Lipinski definition) is 1. The molecule has 2 aromatic heterocycles. The summed E-state index contributed by atoms with van der Waals surface area (Å²) < 4.78 is 10.8. The number of hydrogen-bond acceptors (Lipinski definition) is 7. The van der Waals surface area contributed by atoms with Crippen molar-refractivity contribution in [2.24, 2.45) is 0 Å². The molecule has 5 aromatic rings. The van der Waals surface area contributed by atoms with Crippen molar-refractivity contribution in [2.45, 2.75) is 13.1 Å². The van der Waals surface area contributed by atoms with Crippen LogP contribution in [0, 0.1) is 0 Å². The fourth-order valence-electron chi connectivity index (χ4n) is 4.54. The maximum Gasteiger partial charge on any atom is 0.254 e. The van der Waals surface area contributed by atoms with E-state index in [0.29, 0.717) is 30.2 Å². The van der Waals surface area contributed by atoms with Gasteiger partial charge in [0.1, 0.15) is 12.1 Å². The highest BCUT2D eigenvalue weighted by atomic mass is 16.5. The minimum atomic E-state index is -0.131. The summed E-state index contributed by atoms with van der Waals surface area (Å²) in [6, 6.07) is 25.2. The van der Waals surface area contributed by atoms with Crippen LogP contribution < -0.4 is 14.8 Å². The number of benzene rings is 3. The fraction of sp³-hybridized carbons (Fsp3) is 0.161. The molecule has 1 amide bonds. The molecule has 0 fully saturated rings. The van der Waals surface area contributed by atoms with Crippen molar-refractivity contribution in [3.8, 4) is 22.6 Å². The number of aromatic nitrogens is 3. The van der Waals surface area contributed by atoms with Gasteiger partial charge in [0.15, 0.2) is 11.5 Å². The highest BCUT2D eigenvalue weighted by molar-refractivity contribution is 5.95. The molecule has 0 atom stereocenters. The predicted octanol–water partition coefficient (Wildman–Crippen LogP) is 5.59. The van der Waals surface area contributed by atoms with E-state index in [4.69, 9.17) is 9.47 Å². The second-order valence-electron chi connectivity index (χ2n) is 8.96. The predicted molar refractivity (Wildman–Crippen MR) is 152 cm³/mol. The van der Waals surface area contributed by atoms with E-state index in [1.54, 1.807) is 49.8 Å². The van der Waals surface area contributed by atoms with Crippen LogP contribution in [-0.4, -0.2) is 47.0 Å². The van der Waals surface area contributed by atoms with Gasteiger partial charge in [-0.15, -0.1) is 0 Å². The molecule has 0 saturated carbocycles. The van der Waals surface area contributed by atoms with Crippen LogP contribution in [0.3, 0.4) is 0 Å². The Balaban J connectivity index is 1.48. The van der Waals surface area contributed by atoms with Gasteiger partial charge in [0.05, 0.1) is 32.0 Å². The molecule has 0 saturated heterocycles. The van der Waals surface area contributed by atoms with Gasteiger partial charge >= 0.3 is 0 Å². The molecule has 1 N–H and O–H groups in total. The molecule has 0 aliphatic rings. The van der Waals surface area contributed by atoms with Crippen LogP contribution in [0.15, 0.2) is 91.4 Å². The highest BCUT2D eigenvalue weighted by Crippen LogP contribution is 2.30. The molecule has 0 aliphatic heterocycles. The zero-order valence-electron chi connectivity index (χ0n) is 22.1. The molecular weight excluding hydrogens is 490 g/mol. The third kappa shape index (κ3) is 5.65. The van der Waals surface area contributed by atoms with Crippen molar-refractivity contribution in [1.82, 2.24) is 19.9 Å². The van der Waals surface area contributed by atoms with Gasteiger partial charge in [-0.2, -0.15) is 0 Å². The molecule has 0 spiro atoms. The average molecular weight is 520 g/mol. The molecule has 0 unspecified atom stereocenters. The normalized spacial score (nSPS) is 10.7. The lowest BCUT2D eigenvalue weighted by Crippen LogP contribution is -2.30. The Morgan fingerprint density at radius 2 is 1.67 bits per heavy atom. The number of ether oxygens (including phenoxy) is 2. The van der Waals surface area contributed by atoms with Gasteiger partial charge in [-0.3, -0.25) is 9.78 Å². The number of anilines is 1. The zero-order valence-corrected chi connectivity index (χ0v) is 22.1. The molecule has 196 valence electrons. The summed E-state index contributed by atoms with van der Waals surface area (Å²) in [5.74, 6) is 1.72. The largest absolute Gasteiger partial charge is 0.493 e. The monoisotopic (exact) mass is 519 g/mol. The molecular formula is C31H29N5O3. The van der Waals surface area contributed by atoms with Gasteiger partial charge in [0.25, 0.3) is 5.91 Å². The molecule has 8 heteroatoms. The van der Waals surface area contributed by atoms with Gasteiger partial charge < -0.3 is 19.7 Å². The summed E-state index contributed by atoms with van der Waals surface area (Å²) in [5, 5.41) is 4.08. The van der Waals surface area contributed by atoms with Gasteiger partial charge in [-0.25, -0.2) is 9.97 Å². The first-order valence-corrected chi connectivity index (χ1v) is 12.5. The minimum absolute atomic E-state index is 0.131. The zero-order chi connectivity index (χ0) is 27.2. The van der Waals surface area contributed by atoms with E-state index in [2.05, 4.69) is 38.5 Å². The smallest absolute Gasteiger partial charge is 0.254 e. The van der Waals surface area contributed by atoms with Crippen molar-refractivity contribution in [3.05, 3.63) is 108 Å². The van der Waals surface area contributed by atoms with E-state index in [1.165, 1.54) is 0 Å². The van der Waals surface area contributed by atoms with Crippen molar-refractivity contribution in [3.63, 3.8) is 0 Å². The lowest BCUT2D eigenvalue weighted by Gasteiger charge is -2.23. The molecule has 0 radical (unpaired) electrons. The number of carbonyl (C=O) groups is 1. The van der Waals surface area contributed by atoms with Gasteiger partial charge in [-0.05, 0) is 65.2 Å². The lowest BCUT2D eigenvalue weighted by atomic mass is 10.0. The van der Waals surface area contributed by atoms with E-state index in [1.807, 2.05) is 49.5 Å². The van der Waals surface area contributed by atoms with E-state index in [-0.39, 0.29) is 5.91 Å². The second kappa shape index (κ2) is 11.6. The topological polar surface area (TPSA) is 89.5 Å². The summed E-state index contributed by atoms with van der Waals surface area (Å²) in [6.07, 6.45) is 3.29. The SMILES string of the molecule is CNc1ncnc2ccc(-c3cccc(CN(Cc4ccccn4)C(=O)c4ccc(OC)c(OC)c4)c3)cc12. The van der Waals surface area contributed by atoms with Gasteiger partial charge in [0.2, 0.25) is 0 Å². The summed E-state index contributed by atoms with van der Waals surface area (Å²) >= 11 is 0. The average Bonchev–Trinajstić information content (AvgIpc) is 3.00. The summed E-state index contributed by atoms with van der Waals surface area (Å²) in [4.78, 5) is 28.7. The van der Waals surface area contributed by atoms with Crippen LogP contribution in [-0.2, 0) is 13.1 Å². The summed E-state index contributed by atoms with van der Waals surface area (Å²) in [5.41, 5.74) is 5.26. The number of pyridine rings is 1. The minimum Gasteiger partial charge on any atom is -0.493 e. The Hall–Kier alpha value is -4.98. The lowest BCUT2D eigenvalue weighted by molar-refractivity contribution is 0.0727. The highest BCUT2D eigenvalue weighted by Gasteiger charge is 2.20. The van der Waals surface area contributed by atoms with Crippen LogP contribution in [0.25, 0.3) is 22.0 Å². The van der Waals surface area contributed by atoms with Crippen LogP contribution in [0.4, 0.5) is 5.82 Å². The Kier molecular flexibility index (Phi) is 7.63. The van der Waals surface area contributed by atoms with E-state index in [0.717, 1.165) is 39.1 Å². The molecule has 39 heavy (non-hydrogen) atoms. The standard InChI is InChI=1S/C31H29N5O3/c1-32-30-26-16-23(10-12-27(26)34-20-35-30)22-8-6-7-21(15-22)18-36(19-25-9-4-5-14-33-25)31(37)24-11-13-28(38-2)29(17-24)39-3/h4-17,20H,18-19H2,1-3H3,(H,32,34,35). The first kappa shape index (κ1) is 25.7. The number of fused-ring (bicyclic) bond motifs is 1. The first-order chi connectivity index (χ1) is 19.1. The number of rotatable bonds is 9. The fourth-order valence-corrected chi connectivity index (χ4v) is 4.54. The number of nitrogens with one attached hydrogen (secondary N) is 1. The van der Waals surface area contributed by atoms with E-state index in [9.17, 15) is 4.79 Å². The molecule has 8 nitrogen and oxygen atoms in total. The third-order valence-corrected chi connectivity index (χ3v) is 6.50. The van der Waals surface area contributed by atoms with E-state index < -0.39 is 0 Å². The molecule has 3 aromatic carbocycles. The number of carbonyl (C=O) groups excluding carboxylic acids is 1. The number of amides is 1. The quantitative estimate of drug-likeness (QED) is 0.271. The maximum absolute atomic E-state index is 13.8. The molecule has 5 rings (SSSR count). The first-order valence-electron chi connectivity index (χ1n) is 12.5. The Morgan fingerprint density at radius 3 is 2.44 bits per heavy atom. The van der Waals surface area contributed by atoms with Gasteiger partial charge in [0, 0.05) is 30.7 Å². The Morgan fingerprint density at radius 1 is 0.821 bits per heavy atom. The van der Waals surface area contributed by atoms with E-state index >= 15 is 0 Å². The van der Waals surface area contributed by atoms with Crippen LogP contribution in [0.5, 0.6) is 11.5 Å². The number of methoxy groups -OCH3 is 2. The van der Waals surface area contributed by atoms with Gasteiger partial charge in [-0.1, -0.05) is 30.3 Å². The molecule has 2 heterocycles. The maximum atomic E-state index is 13.8.